The van der Waals surface area contributed by atoms with E-state index in [0.29, 0.717) is 16.5 Å². The molecule has 1 rings (SSSR count). The Morgan fingerprint density at radius 3 is 2.53 bits per heavy atom. The highest BCUT2D eigenvalue weighted by Gasteiger charge is 2.16. The number of anilines is 1. The molecule has 1 aromatic rings. The average molecular weight is 281 g/mol. The molecule has 0 heterocycles. The molecule has 0 aliphatic heterocycles. The van der Waals surface area contributed by atoms with Gasteiger partial charge in [0.2, 0.25) is 0 Å². The second-order valence-electron chi connectivity index (χ2n) is 4.99. The van der Waals surface area contributed by atoms with E-state index in [4.69, 9.17) is 10.5 Å². The summed E-state index contributed by atoms with van der Waals surface area (Å²) in [5.74, 6) is -0.345. The van der Waals surface area contributed by atoms with Gasteiger partial charge in [-0.2, -0.15) is 0 Å². The molecule has 2 N–H and O–H groups in total. The quantitative estimate of drug-likeness (QED) is 0.503. The summed E-state index contributed by atoms with van der Waals surface area (Å²) in [4.78, 5) is 13.1. The average Bonchev–Trinajstić information content (AvgIpc) is 2.32. The summed E-state index contributed by atoms with van der Waals surface area (Å²) in [7, 11) is 0. The number of nitrogens with two attached hydrogens (primary N) is 1. The highest BCUT2D eigenvalue weighted by molar-refractivity contribution is 7.99. The first-order valence-electron chi connectivity index (χ1n) is 6.62. The Morgan fingerprint density at radius 1 is 1.37 bits per heavy atom. The van der Waals surface area contributed by atoms with Crippen LogP contribution >= 0.6 is 11.8 Å². The zero-order valence-electron chi connectivity index (χ0n) is 12.3. The first-order valence-corrected chi connectivity index (χ1v) is 7.50. The molecule has 0 bridgehead atoms. The number of aryl methyl sites for hydroxylation is 1. The third kappa shape index (κ3) is 4.46. The van der Waals surface area contributed by atoms with Crippen molar-refractivity contribution in [3.63, 3.8) is 0 Å². The monoisotopic (exact) mass is 281 g/mol. The van der Waals surface area contributed by atoms with Crippen molar-refractivity contribution in [2.45, 2.75) is 57.3 Å². The van der Waals surface area contributed by atoms with E-state index in [9.17, 15) is 4.79 Å². The molecule has 0 saturated heterocycles. The van der Waals surface area contributed by atoms with Gasteiger partial charge in [-0.15, -0.1) is 11.8 Å². The van der Waals surface area contributed by atoms with Crippen molar-refractivity contribution in [1.82, 2.24) is 0 Å². The number of ether oxygens (including phenoxy) is 1. The van der Waals surface area contributed by atoms with Crippen molar-refractivity contribution >= 4 is 23.4 Å². The van der Waals surface area contributed by atoms with Crippen LogP contribution in [-0.2, 0) is 4.74 Å². The molecule has 106 valence electrons. The Kier molecular flexibility index (Phi) is 5.73. The minimum Gasteiger partial charge on any atom is -0.459 e. The van der Waals surface area contributed by atoms with Gasteiger partial charge in [0.1, 0.15) is 0 Å². The number of benzene rings is 1. The molecule has 1 aromatic carbocycles. The van der Waals surface area contributed by atoms with Crippen molar-refractivity contribution in [3.8, 4) is 0 Å². The summed E-state index contributed by atoms with van der Waals surface area (Å²) in [6, 6.07) is 3.86. The summed E-state index contributed by atoms with van der Waals surface area (Å²) in [5, 5.41) is 0.511. The predicted molar refractivity (Wildman–Crippen MR) is 81.8 cm³/mol. The van der Waals surface area contributed by atoms with Crippen LogP contribution in [0.25, 0.3) is 0 Å². The fraction of sp³-hybridized carbons (Fsp3) is 0.533. The fourth-order valence-electron chi connectivity index (χ4n) is 1.60. The third-order valence-corrected chi connectivity index (χ3v) is 4.08. The zero-order chi connectivity index (χ0) is 14.6. The van der Waals surface area contributed by atoms with Gasteiger partial charge < -0.3 is 10.5 Å². The van der Waals surface area contributed by atoms with E-state index in [2.05, 4.69) is 13.8 Å². The minimum atomic E-state index is -0.345. The minimum absolute atomic E-state index is 0.141. The van der Waals surface area contributed by atoms with E-state index < -0.39 is 0 Å². The summed E-state index contributed by atoms with van der Waals surface area (Å²) in [5.41, 5.74) is 7.89. The van der Waals surface area contributed by atoms with Crippen LogP contribution in [0.5, 0.6) is 0 Å². The van der Waals surface area contributed by atoms with Crippen LogP contribution in [0.2, 0.25) is 0 Å². The lowest BCUT2D eigenvalue weighted by Crippen LogP contribution is -2.14. The van der Waals surface area contributed by atoms with Gasteiger partial charge >= 0.3 is 5.97 Å². The number of rotatable bonds is 5. The van der Waals surface area contributed by atoms with Gasteiger partial charge in [-0.25, -0.2) is 4.79 Å². The van der Waals surface area contributed by atoms with Crippen LogP contribution in [0, 0.1) is 6.92 Å². The lowest BCUT2D eigenvalue weighted by atomic mass is 10.1. The topological polar surface area (TPSA) is 52.3 Å². The SMILES string of the molecule is CCC(C)Sc1cc(C)c(N)c(C(=O)OC(C)C)c1. The first-order chi connectivity index (χ1) is 8.85. The molecule has 1 atom stereocenters. The molecule has 19 heavy (non-hydrogen) atoms. The van der Waals surface area contributed by atoms with Crippen LogP contribution in [0.4, 0.5) is 5.69 Å². The molecular weight excluding hydrogens is 258 g/mol. The van der Waals surface area contributed by atoms with Gasteiger partial charge in [0, 0.05) is 15.8 Å². The van der Waals surface area contributed by atoms with Crippen LogP contribution in [0.1, 0.15) is 50.0 Å². The first kappa shape index (κ1) is 15.9. The Bertz CT molecular complexity index is 458. The lowest BCUT2D eigenvalue weighted by Gasteiger charge is -2.14. The van der Waals surface area contributed by atoms with Crippen LogP contribution in [-0.4, -0.2) is 17.3 Å². The van der Waals surface area contributed by atoms with Gasteiger partial charge in [0.15, 0.2) is 0 Å². The summed E-state index contributed by atoms with van der Waals surface area (Å²) in [6.45, 7) is 9.90. The molecule has 0 aliphatic rings. The molecule has 0 amide bonds. The van der Waals surface area contributed by atoms with Crippen molar-refractivity contribution in [2.24, 2.45) is 0 Å². The van der Waals surface area contributed by atoms with E-state index in [-0.39, 0.29) is 12.1 Å². The van der Waals surface area contributed by atoms with Gasteiger partial charge in [-0.3, -0.25) is 0 Å². The maximum atomic E-state index is 12.0. The highest BCUT2D eigenvalue weighted by Crippen LogP contribution is 2.30. The molecule has 0 aromatic heterocycles. The van der Waals surface area contributed by atoms with E-state index in [1.807, 2.05) is 32.9 Å². The number of hydrogen-bond acceptors (Lipinski definition) is 4. The van der Waals surface area contributed by atoms with Crippen molar-refractivity contribution in [3.05, 3.63) is 23.3 Å². The number of esters is 1. The zero-order valence-corrected chi connectivity index (χ0v) is 13.1. The highest BCUT2D eigenvalue weighted by atomic mass is 32.2. The smallest absolute Gasteiger partial charge is 0.340 e. The third-order valence-electron chi connectivity index (χ3n) is 2.84. The Hall–Kier alpha value is -1.16. The molecule has 3 nitrogen and oxygen atoms in total. The predicted octanol–water partition coefficient (Wildman–Crippen LogP) is 4.03. The number of carbonyl (C=O) groups excluding carboxylic acids is 1. The molecular formula is C15H23NO2S. The van der Waals surface area contributed by atoms with Gasteiger partial charge in [0.05, 0.1) is 11.7 Å². The number of hydrogen-bond donors (Lipinski definition) is 1. The van der Waals surface area contributed by atoms with E-state index in [1.165, 1.54) is 0 Å². The summed E-state index contributed by atoms with van der Waals surface area (Å²) in [6.07, 6.45) is 0.943. The second kappa shape index (κ2) is 6.85. The largest absolute Gasteiger partial charge is 0.459 e. The number of thioether (sulfide) groups is 1. The van der Waals surface area contributed by atoms with Gasteiger partial charge in [-0.05, 0) is 44.9 Å². The lowest BCUT2D eigenvalue weighted by molar-refractivity contribution is 0.0379. The molecule has 0 fully saturated rings. The molecule has 0 aliphatic carbocycles. The maximum Gasteiger partial charge on any atom is 0.340 e. The van der Waals surface area contributed by atoms with Crippen LogP contribution < -0.4 is 5.73 Å². The molecule has 0 saturated carbocycles. The molecule has 4 heteroatoms. The maximum absolute atomic E-state index is 12.0. The summed E-state index contributed by atoms with van der Waals surface area (Å²) >= 11 is 1.75. The van der Waals surface area contributed by atoms with E-state index in [1.54, 1.807) is 11.8 Å². The van der Waals surface area contributed by atoms with Gasteiger partial charge in [0.25, 0.3) is 0 Å². The Morgan fingerprint density at radius 2 is 2.00 bits per heavy atom. The molecule has 0 spiro atoms. The number of carbonyl (C=O) groups is 1. The molecule has 0 radical (unpaired) electrons. The Labute approximate surface area is 119 Å². The van der Waals surface area contributed by atoms with Crippen molar-refractivity contribution in [1.29, 1.82) is 0 Å². The van der Waals surface area contributed by atoms with Gasteiger partial charge in [-0.1, -0.05) is 13.8 Å². The van der Waals surface area contributed by atoms with Crippen LogP contribution in [0.15, 0.2) is 17.0 Å². The van der Waals surface area contributed by atoms with Crippen molar-refractivity contribution < 1.29 is 9.53 Å². The molecule has 1 unspecified atom stereocenters. The van der Waals surface area contributed by atoms with Crippen LogP contribution in [0.3, 0.4) is 0 Å². The normalized spacial score (nSPS) is 12.5. The standard InChI is InChI=1S/C15H23NO2S/c1-6-11(5)19-12-7-10(4)14(16)13(8-12)15(17)18-9(2)3/h7-9,11H,6,16H2,1-5H3. The summed E-state index contributed by atoms with van der Waals surface area (Å²) < 4.78 is 5.23. The number of nitrogen functional groups attached to an aromatic ring is 1. The van der Waals surface area contributed by atoms with Crippen molar-refractivity contribution in [2.75, 3.05) is 5.73 Å². The second-order valence-corrected chi connectivity index (χ2v) is 6.50. The fourth-order valence-corrected chi connectivity index (χ4v) is 2.66. The Balaban J connectivity index is 3.06. The van der Waals surface area contributed by atoms with E-state index >= 15 is 0 Å². The van der Waals surface area contributed by atoms with E-state index in [0.717, 1.165) is 16.9 Å².